The Balaban J connectivity index is 1.59. The Kier molecular flexibility index (Phi) is 5.67. The van der Waals surface area contributed by atoms with E-state index in [1.54, 1.807) is 11.0 Å². The van der Waals surface area contributed by atoms with Crippen molar-refractivity contribution in [3.05, 3.63) is 94.0 Å². The summed E-state index contributed by atoms with van der Waals surface area (Å²) in [6, 6.07) is 23.3. The Morgan fingerprint density at radius 3 is 2.29 bits per heavy atom. The Morgan fingerprint density at radius 1 is 0.893 bits per heavy atom. The highest BCUT2D eigenvalue weighted by atomic mass is 35.5. The number of carbonyl (C=O) groups excluding carboxylic acids is 1. The maximum atomic E-state index is 13.1. The van der Waals surface area contributed by atoms with Crippen LogP contribution in [0.2, 0.25) is 10.0 Å². The number of rotatable bonds is 3. The number of hydrogen-bond donors (Lipinski definition) is 0. The van der Waals surface area contributed by atoms with Gasteiger partial charge in [-0.2, -0.15) is 0 Å². The summed E-state index contributed by atoms with van der Waals surface area (Å²) in [4.78, 5) is 14.9. The number of carbonyl (C=O) groups is 1. The molecule has 0 aliphatic carbocycles. The van der Waals surface area contributed by atoms with E-state index in [1.165, 1.54) is 0 Å². The number of hydrogen-bond acceptors (Lipinski definition) is 2. The molecule has 0 bridgehead atoms. The Morgan fingerprint density at radius 2 is 1.57 bits per heavy atom. The number of nitrogens with zero attached hydrogens (tertiary/aromatic N) is 1. The van der Waals surface area contributed by atoms with E-state index in [9.17, 15) is 4.79 Å². The first kappa shape index (κ1) is 19.0. The van der Waals surface area contributed by atoms with Gasteiger partial charge in [0.05, 0.1) is 28.8 Å². The van der Waals surface area contributed by atoms with Crippen LogP contribution in [0, 0.1) is 0 Å². The molecule has 1 aliphatic rings. The average molecular weight is 412 g/mol. The fourth-order valence-electron chi connectivity index (χ4n) is 3.43. The zero-order chi connectivity index (χ0) is 19.5. The van der Waals surface area contributed by atoms with Crippen molar-refractivity contribution in [1.29, 1.82) is 0 Å². The summed E-state index contributed by atoms with van der Waals surface area (Å²) >= 11 is 13.0. The van der Waals surface area contributed by atoms with Gasteiger partial charge in [0, 0.05) is 12.1 Å². The van der Waals surface area contributed by atoms with E-state index < -0.39 is 0 Å². The number of halogens is 2. The summed E-state index contributed by atoms with van der Waals surface area (Å²) in [5.74, 6) is -0.129. The van der Waals surface area contributed by atoms with E-state index in [0.717, 1.165) is 16.7 Å². The molecular formula is C23H19Cl2NO2. The average Bonchev–Trinajstić information content (AvgIpc) is 2.76. The highest BCUT2D eigenvalue weighted by molar-refractivity contribution is 6.45. The fraction of sp³-hybridized carbons (Fsp3) is 0.174. The molecule has 1 saturated heterocycles. The number of ether oxygens (including phenoxy) is 1. The lowest BCUT2D eigenvalue weighted by atomic mass is 10.0. The van der Waals surface area contributed by atoms with Gasteiger partial charge < -0.3 is 9.64 Å². The van der Waals surface area contributed by atoms with Crippen molar-refractivity contribution >= 4 is 29.1 Å². The van der Waals surface area contributed by atoms with Crippen LogP contribution in [0.5, 0.6) is 0 Å². The van der Waals surface area contributed by atoms with Crippen LogP contribution in [0.1, 0.15) is 22.0 Å². The summed E-state index contributed by atoms with van der Waals surface area (Å²) in [6.45, 7) is 1.49. The van der Waals surface area contributed by atoms with Gasteiger partial charge in [0.2, 0.25) is 0 Å². The Labute approximate surface area is 174 Å². The summed E-state index contributed by atoms with van der Waals surface area (Å²) < 4.78 is 5.86. The van der Waals surface area contributed by atoms with Gasteiger partial charge >= 0.3 is 0 Å². The maximum Gasteiger partial charge on any atom is 0.255 e. The van der Waals surface area contributed by atoms with Crippen LogP contribution >= 0.6 is 23.2 Å². The molecule has 1 atom stereocenters. The molecule has 28 heavy (non-hydrogen) atoms. The van der Waals surface area contributed by atoms with Crippen molar-refractivity contribution in [2.75, 3.05) is 19.7 Å². The summed E-state index contributed by atoms with van der Waals surface area (Å²) in [6.07, 6.45) is -0.142. The van der Waals surface area contributed by atoms with Crippen LogP contribution < -0.4 is 0 Å². The van der Waals surface area contributed by atoms with Gasteiger partial charge in [-0.25, -0.2) is 0 Å². The molecule has 1 amide bonds. The lowest BCUT2D eigenvalue weighted by Gasteiger charge is -2.33. The van der Waals surface area contributed by atoms with Crippen molar-refractivity contribution in [3.8, 4) is 11.1 Å². The van der Waals surface area contributed by atoms with E-state index in [1.807, 2.05) is 66.7 Å². The third kappa shape index (κ3) is 3.79. The third-order valence-corrected chi connectivity index (χ3v) is 5.80. The largest absolute Gasteiger partial charge is 0.370 e. The second-order valence-electron chi connectivity index (χ2n) is 6.68. The smallest absolute Gasteiger partial charge is 0.255 e. The van der Waals surface area contributed by atoms with Crippen LogP contribution in [0.25, 0.3) is 11.1 Å². The predicted octanol–water partition coefficient (Wildman–Crippen LogP) is 5.87. The van der Waals surface area contributed by atoms with Gasteiger partial charge in [-0.05, 0) is 17.2 Å². The first-order valence-electron chi connectivity index (χ1n) is 9.14. The highest BCUT2D eigenvalue weighted by Crippen LogP contribution is 2.36. The molecule has 0 radical (unpaired) electrons. The van der Waals surface area contributed by atoms with E-state index in [-0.39, 0.29) is 17.0 Å². The minimum absolute atomic E-state index is 0.129. The number of benzene rings is 3. The first-order chi connectivity index (χ1) is 13.6. The van der Waals surface area contributed by atoms with Crippen molar-refractivity contribution in [1.82, 2.24) is 4.90 Å². The molecule has 1 aliphatic heterocycles. The second-order valence-corrected chi connectivity index (χ2v) is 7.43. The van der Waals surface area contributed by atoms with E-state index >= 15 is 0 Å². The number of amides is 1. The topological polar surface area (TPSA) is 29.5 Å². The highest BCUT2D eigenvalue weighted by Gasteiger charge is 2.28. The van der Waals surface area contributed by atoms with Crippen LogP contribution in [0.15, 0.2) is 72.8 Å². The standard InChI is InChI=1S/C23H19Cl2NO2/c24-21-18(16-7-3-1-4-8-16)11-12-19(22(21)25)23(27)26-13-14-28-20(15-26)17-9-5-2-6-10-17/h1-12,20H,13-15H2. The van der Waals surface area contributed by atoms with Crippen LogP contribution in [-0.2, 0) is 4.74 Å². The van der Waals surface area contributed by atoms with Gasteiger partial charge in [0.15, 0.2) is 0 Å². The van der Waals surface area contributed by atoms with Crippen molar-refractivity contribution in [2.45, 2.75) is 6.10 Å². The Hall–Kier alpha value is -2.33. The van der Waals surface area contributed by atoms with Crippen molar-refractivity contribution in [2.24, 2.45) is 0 Å². The SMILES string of the molecule is O=C(c1ccc(-c2ccccc2)c(Cl)c1Cl)N1CCOC(c2ccccc2)C1. The van der Waals surface area contributed by atoms with Gasteiger partial charge in [0.1, 0.15) is 6.10 Å². The molecule has 0 saturated carbocycles. The molecule has 0 spiro atoms. The molecule has 4 rings (SSSR count). The summed E-state index contributed by atoms with van der Waals surface area (Å²) in [7, 11) is 0. The van der Waals surface area contributed by atoms with Crippen molar-refractivity contribution < 1.29 is 9.53 Å². The van der Waals surface area contributed by atoms with Gasteiger partial charge in [0.25, 0.3) is 5.91 Å². The lowest BCUT2D eigenvalue weighted by Crippen LogP contribution is -2.42. The van der Waals surface area contributed by atoms with Crippen LogP contribution in [0.4, 0.5) is 0 Å². The van der Waals surface area contributed by atoms with E-state index in [0.29, 0.717) is 30.3 Å². The molecule has 0 aromatic heterocycles. The predicted molar refractivity (Wildman–Crippen MR) is 113 cm³/mol. The van der Waals surface area contributed by atoms with Gasteiger partial charge in [-0.3, -0.25) is 4.79 Å². The molecular weight excluding hydrogens is 393 g/mol. The summed E-state index contributed by atoms with van der Waals surface area (Å²) in [5.41, 5.74) is 3.25. The van der Waals surface area contributed by atoms with Crippen molar-refractivity contribution in [3.63, 3.8) is 0 Å². The minimum atomic E-state index is -0.142. The van der Waals surface area contributed by atoms with E-state index in [4.69, 9.17) is 27.9 Å². The minimum Gasteiger partial charge on any atom is -0.370 e. The maximum absolute atomic E-state index is 13.1. The van der Waals surface area contributed by atoms with Gasteiger partial charge in [-0.15, -0.1) is 0 Å². The molecule has 1 unspecified atom stereocenters. The Bertz CT molecular complexity index is 977. The zero-order valence-corrected chi connectivity index (χ0v) is 16.7. The molecule has 3 nitrogen and oxygen atoms in total. The molecule has 1 fully saturated rings. The molecule has 3 aromatic carbocycles. The second kappa shape index (κ2) is 8.36. The third-order valence-electron chi connectivity index (χ3n) is 4.92. The quantitative estimate of drug-likeness (QED) is 0.538. The van der Waals surface area contributed by atoms with Crippen LogP contribution in [0.3, 0.4) is 0 Å². The molecule has 1 heterocycles. The number of morpholine rings is 1. The normalized spacial score (nSPS) is 16.8. The molecule has 0 N–H and O–H groups in total. The molecule has 3 aromatic rings. The fourth-order valence-corrected chi connectivity index (χ4v) is 3.95. The van der Waals surface area contributed by atoms with Gasteiger partial charge in [-0.1, -0.05) is 89.9 Å². The lowest BCUT2D eigenvalue weighted by molar-refractivity contribution is -0.0228. The molecule has 5 heteroatoms. The first-order valence-corrected chi connectivity index (χ1v) is 9.90. The molecule has 142 valence electrons. The van der Waals surface area contributed by atoms with E-state index in [2.05, 4.69) is 0 Å². The monoisotopic (exact) mass is 411 g/mol. The zero-order valence-electron chi connectivity index (χ0n) is 15.1. The van der Waals surface area contributed by atoms with Crippen LogP contribution in [-0.4, -0.2) is 30.5 Å². The summed E-state index contributed by atoms with van der Waals surface area (Å²) in [5, 5.41) is 0.683.